The Morgan fingerprint density at radius 3 is 2.40 bits per heavy atom. The number of hydrogen-bond acceptors (Lipinski definition) is 2. The summed E-state index contributed by atoms with van der Waals surface area (Å²) in [6.45, 7) is 2.22. The van der Waals surface area contributed by atoms with Gasteiger partial charge in [0.15, 0.2) is 0 Å². The number of halogens is 1. The van der Waals surface area contributed by atoms with Crippen molar-refractivity contribution in [2.24, 2.45) is 0 Å². The molecule has 0 aromatic heterocycles. The van der Waals surface area contributed by atoms with Crippen molar-refractivity contribution in [3.8, 4) is 0 Å². The van der Waals surface area contributed by atoms with E-state index in [2.05, 4.69) is 50.4 Å². The average molecular weight is 399 g/mol. The lowest BCUT2D eigenvalue weighted by molar-refractivity contribution is -0.118. The number of carbonyl (C=O) groups is 1. The van der Waals surface area contributed by atoms with E-state index in [1.54, 1.807) is 0 Å². The van der Waals surface area contributed by atoms with Gasteiger partial charge in [-0.05, 0) is 68.0 Å². The van der Waals surface area contributed by atoms with Crippen LogP contribution in [0.3, 0.4) is 0 Å². The zero-order chi connectivity index (χ0) is 17.3. The van der Waals surface area contributed by atoms with Crippen LogP contribution in [0.5, 0.6) is 0 Å². The Morgan fingerprint density at radius 1 is 1.00 bits per heavy atom. The molecule has 2 fully saturated rings. The lowest BCUT2D eigenvalue weighted by atomic mass is 9.95. The van der Waals surface area contributed by atoms with Crippen molar-refractivity contribution in [2.75, 3.05) is 23.3 Å². The number of rotatable bonds is 4. The molecule has 1 N–H and O–H groups in total. The van der Waals surface area contributed by atoms with Crippen LogP contribution in [0.25, 0.3) is 0 Å². The molecule has 25 heavy (non-hydrogen) atoms. The van der Waals surface area contributed by atoms with Crippen LogP contribution in [0.4, 0.5) is 11.4 Å². The van der Waals surface area contributed by atoms with E-state index < -0.39 is 0 Å². The van der Waals surface area contributed by atoms with E-state index in [1.807, 2.05) is 24.3 Å². The maximum Gasteiger partial charge on any atom is 0.235 e. The predicted octanol–water partition coefficient (Wildman–Crippen LogP) is 5.11. The highest BCUT2D eigenvalue weighted by molar-refractivity contribution is 9.10. The summed E-state index contributed by atoms with van der Waals surface area (Å²) in [6.07, 6.45) is 5.67. The first-order valence-electron chi connectivity index (χ1n) is 9.10. The topological polar surface area (TPSA) is 32.3 Å². The van der Waals surface area contributed by atoms with E-state index in [9.17, 15) is 4.79 Å². The van der Waals surface area contributed by atoms with Crippen LogP contribution in [0.1, 0.15) is 37.7 Å². The third kappa shape index (κ3) is 3.45. The summed E-state index contributed by atoms with van der Waals surface area (Å²) >= 11 is 3.46. The van der Waals surface area contributed by atoms with Crippen molar-refractivity contribution in [3.63, 3.8) is 0 Å². The normalized spacial score (nSPS) is 18.7. The molecule has 2 aromatic carbocycles. The first kappa shape index (κ1) is 16.6. The summed E-state index contributed by atoms with van der Waals surface area (Å²) in [5.41, 5.74) is 2.88. The lowest BCUT2D eigenvalue weighted by Crippen LogP contribution is -2.30. The van der Waals surface area contributed by atoms with Gasteiger partial charge in [0.2, 0.25) is 5.91 Å². The van der Waals surface area contributed by atoms with Crippen molar-refractivity contribution in [1.29, 1.82) is 0 Å². The van der Waals surface area contributed by atoms with Gasteiger partial charge in [-0.3, -0.25) is 4.79 Å². The van der Waals surface area contributed by atoms with Crippen LogP contribution in [0.15, 0.2) is 53.0 Å². The van der Waals surface area contributed by atoms with Crippen molar-refractivity contribution in [3.05, 3.63) is 58.6 Å². The van der Waals surface area contributed by atoms with Gasteiger partial charge in [-0.1, -0.05) is 34.1 Å². The summed E-state index contributed by atoms with van der Waals surface area (Å²) < 4.78 is 1.04. The van der Waals surface area contributed by atoms with Gasteiger partial charge >= 0.3 is 0 Å². The standard InChI is InChI=1S/C21H23BrN2O/c22-17-9-7-16(8-10-17)21(11-12-21)20(25)23-18-5-4-6-19(15-18)24-13-2-1-3-14-24/h4-10,15H,1-3,11-14H2,(H,23,25). The number of piperidine rings is 1. The molecule has 1 heterocycles. The predicted molar refractivity (Wildman–Crippen MR) is 106 cm³/mol. The van der Waals surface area contributed by atoms with Crippen LogP contribution in [0, 0.1) is 0 Å². The van der Waals surface area contributed by atoms with Crippen LogP contribution < -0.4 is 10.2 Å². The van der Waals surface area contributed by atoms with Gasteiger partial charge in [0.05, 0.1) is 5.41 Å². The quantitative estimate of drug-likeness (QED) is 0.775. The number of benzene rings is 2. The smallest absolute Gasteiger partial charge is 0.235 e. The van der Waals surface area contributed by atoms with Gasteiger partial charge in [-0.25, -0.2) is 0 Å². The molecule has 0 spiro atoms. The molecule has 0 atom stereocenters. The second kappa shape index (κ2) is 6.83. The zero-order valence-corrected chi connectivity index (χ0v) is 15.9. The summed E-state index contributed by atoms with van der Waals surface area (Å²) in [6, 6.07) is 16.4. The largest absolute Gasteiger partial charge is 0.371 e. The highest BCUT2D eigenvalue weighted by Gasteiger charge is 2.51. The Bertz CT molecular complexity index is 762. The lowest BCUT2D eigenvalue weighted by Gasteiger charge is -2.29. The van der Waals surface area contributed by atoms with Crippen LogP contribution >= 0.6 is 15.9 Å². The maximum atomic E-state index is 12.9. The van der Waals surface area contributed by atoms with E-state index in [-0.39, 0.29) is 11.3 Å². The Labute approximate surface area is 157 Å². The van der Waals surface area contributed by atoms with Crippen LogP contribution in [-0.2, 0) is 10.2 Å². The van der Waals surface area contributed by atoms with Gasteiger partial charge in [-0.2, -0.15) is 0 Å². The molecule has 0 bridgehead atoms. The van der Waals surface area contributed by atoms with Gasteiger partial charge in [0.25, 0.3) is 0 Å². The van der Waals surface area contributed by atoms with E-state index in [4.69, 9.17) is 0 Å². The summed E-state index contributed by atoms with van der Waals surface area (Å²) in [7, 11) is 0. The molecule has 1 saturated carbocycles. The van der Waals surface area contributed by atoms with E-state index in [1.165, 1.54) is 24.9 Å². The summed E-state index contributed by atoms with van der Waals surface area (Å²) in [5.74, 6) is 0.116. The second-order valence-electron chi connectivity index (χ2n) is 7.14. The molecule has 1 aliphatic heterocycles. The monoisotopic (exact) mass is 398 g/mol. The fourth-order valence-corrected chi connectivity index (χ4v) is 3.99. The molecule has 2 aliphatic rings. The number of amides is 1. The Balaban J connectivity index is 1.50. The SMILES string of the molecule is O=C(Nc1cccc(N2CCCCC2)c1)C1(c2ccc(Br)cc2)CC1. The number of nitrogens with one attached hydrogen (secondary N) is 1. The number of hydrogen-bond donors (Lipinski definition) is 1. The molecule has 0 radical (unpaired) electrons. The van der Waals surface area contributed by atoms with E-state index in [0.29, 0.717) is 0 Å². The second-order valence-corrected chi connectivity index (χ2v) is 8.06. The molecule has 130 valence electrons. The third-order valence-electron chi connectivity index (χ3n) is 5.41. The van der Waals surface area contributed by atoms with Crippen molar-refractivity contribution >= 4 is 33.2 Å². The molecule has 4 rings (SSSR count). The molecule has 4 heteroatoms. The molecule has 1 aliphatic carbocycles. The zero-order valence-electron chi connectivity index (χ0n) is 14.3. The average Bonchev–Trinajstić information content (AvgIpc) is 3.45. The third-order valence-corrected chi connectivity index (χ3v) is 5.94. The molecule has 2 aromatic rings. The molecule has 0 unspecified atom stereocenters. The minimum atomic E-state index is -0.345. The van der Waals surface area contributed by atoms with Gasteiger partial charge < -0.3 is 10.2 Å². The number of anilines is 2. The highest BCUT2D eigenvalue weighted by Crippen LogP contribution is 2.49. The molecular weight excluding hydrogens is 376 g/mol. The molecule has 1 saturated heterocycles. The minimum Gasteiger partial charge on any atom is -0.371 e. The maximum absolute atomic E-state index is 12.9. The number of nitrogens with zero attached hydrogens (tertiary/aromatic N) is 1. The number of carbonyl (C=O) groups excluding carboxylic acids is 1. The molecule has 1 amide bonds. The Kier molecular flexibility index (Phi) is 4.55. The van der Waals surface area contributed by atoms with E-state index >= 15 is 0 Å². The first-order valence-corrected chi connectivity index (χ1v) is 9.89. The Morgan fingerprint density at radius 2 is 1.72 bits per heavy atom. The fraction of sp³-hybridized carbons (Fsp3) is 0.381. The van der Waals surface area contributed by atoms with Gasteiger partial charge in [-0.15, -0.1) is 0 Å². The van der Waals surface area contributed by atoms with Crippen molar-refractivity contribution in [1.82, 2.24) is 0 Å². The molecular formula is C21H23BrN2O. The molecule has 3 nitrogen and oxygen atoms in total. The fourth-order valence-electron chi connectivity index (χ4n) is 3.72. The highest BCUT2D eigenvalue weighted by atomic mass is 79.9. The van der Waals surface area contributed by atoms with E-state index in [0.717, 1.165) is 41.7 Å². The summed E-state index contributed by atoms with van der Waals surface area (Å²) in [5, 5.41) is 3.16. The van der Waals surface area contributed by atoms with Gasteiger partial charge in [0, 0.05) is 28.9 Å². The van der Waals surface area contributed by atoms with Crippen molar-refractivity contribution in [2.45, 2.75) is 37.5 Å². The Hall–Kier alpha value is -1.81. The minimum absolute atomic E-state index is 0.116. The van der Waals surface area contributed by atoms with Crippen LogP contribution in [-0.4, -0.2) is 19.0 Å². The summed E-state index contributed by atoms with van der Waals surface area (Å²) in [4.78, 5) is 15.4. The van der Waals surface area contributed by atoms with Crippen molar-refractivity contribution < 1.29 is 4.79 Å². The van der Waals surface area contributed by atoms with Gasteiger partial charge in [0.1, 0.15) is 0 Å². The van der Waals surface area contributed by atoms with Crippen LogP contribution in [0.2, 0.25) is 0 Å². The first-order chi connectivity index (χ1) is 12.2.